The summed E-state index contributed by atoms with van der Waals surface area (Å²) in [7, 11) is 0. The summed E-state index contributed by atoms with van der Waals surface area (Å²) < 4.78 is 0. The summed E-state index contributed by atoms with van der Waals surface area (Å²) in [4.78, 5) is 8.42. The van der Waals surface area contributed by atoms with Crippen LogP contribution in [0, 0.1) is 0 Å². The lowest BCUT2D eigenvalue weighted by molar-refractivity contribution is 0.158. The van der Waals surface area contributed by atoms with E-state index in [1.165, 1.54) is 43.6 Å². The second-order valence-corrected chi connectivity index (χ2v) is 7.14. The lowest BCUT2D eigenvalue weighted by Crippen LogP contribution is -2.38. The molecule has 0 bridgehead atoms. The number of rotatable bonds is 8. The van der Waals surface area contributed by atoms with Crippen molar-refractivity contribution in [2.45, 2.75) is 51.5 Å². The van der Waals surface area contributed by atoms with Crippen molar-refractivity contribution >= 4 is 41.3 Å². The molecule has 0 amide bonds. The summed E-state index contributed by atoms with van der Waals surface area (Å²) in [5.41, 5.74) is 5.89. The van der Waals surface area contributed by atoms with E-state index in [0.717, 1.165) is 32.0 Å². The minimum Gasteiger partial charge on any atom is -0.370 e. The number of likely N-dealkylation sites (tertiary alicyclic amines) is 1. The maximum atomic E-state index is 5.89. The Morgan fingerprint density at radius 1 is 1.43 bits per heavy atom. The van der Waals surface area contributed by atoms with Crippen LogP contribution in [0.2, 0.25) is 0 Å². The largest absolute Gasteiger partial charge is 0.370 e. The van der Waals surface area contributed by atoms with Crippen LogP contribution in [-0.2, 0) is 6.42 Å². The van der Waals surface area contributed by atoms with Crippen LogP contribution in [0.15, 0.2) is 22.5 Å². The van der Waals surface area contributed by atoms with Crippen molar-refractivity contribution < 1.29 is 0 Å². The maximum Gasteiger partial charge on any atom is 0.188 e. The smallest absolute Gasteiger partial charge is 0.188 e. The SMILES string of the molecule is CC1CCCCN1CCCCN=C(N)NCCc1cccs1.I. The number of hydrogen-bond acceptors (Lipinski definition) is 3. The maximum absolute atomic E-state index is 5.89. The summed E-state index contributed by atoms with van der Waals surface area (Å²) in [5.74, 6) is 0.586. The Labute approximate surface area is 161 Å². The molecule has 0 aliphatic carbocycles. The van der Waals surface area contributed by atoms with E-state index in [-0.39, 0.29) is 24.0 Å². The summed E-state index contributed by atoms with van der Waals surface area (Å²) >= 11 is 1.79. The second kappa shape index (κ2) is 12.1. The zero-order chi connectivity index (χ0) is 15.6. The summed E-state index contributed by atoms with van der Waals surface area (Å²) in [6, 6.07) is 5.00. The minimum absolute atomic E-state index is 0. The first-order chi connectivity index (χ1) is 10.8. The van der Waals surface area contributed by atoms with Crippen molar-refractivity contribution in [2.24, 2.45) is 10.7 Å². The Kier molecular flexibility index (Phi) is 10.9. The van der Waals surface area contributed by atoms with E-state index in [9.17, 15) is 0 Å². The highest BCUT2D eigenvalue weighted by Gasteiger charge is 2.16. The molecule has 1 aromatic heterocycles. The van der Waals surface area contributed by atoms with Gasteiger partial charge in [0.2, 0.25) is 0 Å². The molecule has 3 N–H and O–H groups in total. The molecule has 1 atom stereocenters. The Bertz CT molecular complexity index is 436. The number of thiophene rings is 1. The van der Waals surface area contributed by atoms with Gasteiger partial charge in [-0.15, -0.1) is 35.3 Å². The number of hydrogen-bond donors (Lipinski definition) is 2. The third-order valence-corrected chi connectivity index (χ3v) is 5.27. The lowest BCUT2D eigenvalue weighted by atomic mass is 10.0. The standard InChI is InChI=1S/C17H30N4S.HI/c1-15-7-2-4-12-21(15)13-5-3-10-19-17(18)20-11-9-16-8-6-14-22-16;/h6,8,14-15H,2-5,7,9-13H2,1H3,(H3,18,19,20);1H. The van der Waals surface area contributed by atoms with E-state index >= 15 is 0 Å². The van der Waals surface area contributed by atoms with Gasteiger partial charge >= 0.3 is 0 Å². The van der Waals surface area contributed by atoms with Crippen molar-refractivity contribution in [1.29, 1.82) is 0 Å². The molecule has 1 fully saturated rings. The Morgan fingerprint density at radius 2 is 2.30 bits per heavy atom. The average Bonchev–Trinajstić information content (AvgIpc) is 3.02. The molecule has 1 aromatic rings. The molecule has 1 aliphatic rings. The summed E-state index contributed by atoms with van der Waals surface area (Å²) in [6.07, 6.45) is 7.48. The molecule has 0 spiro atoms. The molecular weight excluding hydrogens is 419 g/mol. The Hall–Kier alpha value is -0.340. The number of halogens is 1. The molecule has 0 radical (unpaired) electrons. The first-order valence-electron chi connectivity index (χ1n) is 8.56. The van der Waals surface area contributed by atoms with Crippen LogP contribution >= 0.6 is 35.3 Å². The van der Waals surface area contributed by atoms with Crippen molar-refractivity contribution in [3.63, 3.8) is 0 Å². The second-order valence-electron chi connectivity index (χ2n) is 6.11. The van der Waals surface area contributed by atoms with Gasteiger partial charge in [-0.2, -0.15) is 0 Å². The van der Waals surface area contributed by atoms with Crippen LogP contribution in [0.5, 0.6) is 0 Å². The van der Waals surface area contributed by atoms with E-state index in [0.29, 0.717) is 5.96 Å². The van der Waals surface area contributed by atoms with Gasteiger partial charge in [-0.25, -0.2) is 0 Å². The lowest BCUT2D eigenvalue weighted by Gasteiger charge is -2.33. The summed E-state index contributed by atoms with van der Waals surface area (Å²) in [5, 5.41) is 5.30. The molecule has 2 rings (SSSR count). The zero-order valence-corrected chi connectivity index (χ0v) is 17.3. The van der Waals surface area contributed by atoms with Gasteiger partial charge in [-0.3, -0.25) is 4.99 Å². The third kappa shape index (κ3) is 8.35. The molecule has 6 heteroatoms. The molecule has 23 heavy (non-hydrogen) atoms. The number of unbranched alkanes of at least 4 members (excludes halogenated alkanes) is 1. The molecule has 1 saturated heterocycles. The van der Waals surface area contributed by atoms with Crippen LogP contribution in [0.4, 0.5) is 0 Å². The average molecular weight is 450 g/mol. The monoisotopic (exact) mass is 450 g/mol. The predicted molar refractivity (Wildman–Crippen MR) is 112 cm³/mol. The molecule has 0 aromatic carbocycles. The fraction of sp³-hybridized carbons (Fsp3) is 0.706. The van der Waals surface area contributed by atoms with Crippen LogP contribution in [-0.4, -0.2) is 43.1 Å². The fourth-order valence-electron chi connectivity index (χ4n) is 2.94. The quantitative estimate of drug-likeness (QED) is 0.276. The molecule has 132 valence electrons. The number of aliphatic imine (C=N–C) groups is 1. The Morgan fingerprint density at radius 3 is 3.04 bits per heavy atom. The molecular formula is C17H31IN4S. The normalized spacial score (nSPS) is 19.3. The molecule has 1 aliphatic heterocycles. The minimum atomic E-state index is 0. The fourth-order valence-corrected chi connectivity index (χ4v) is 3.65. The van der Waals surface area contributed by atoms with E-state index in [4.69, 9.17) is 5.73 Å². The van der Waals surface area contributed by atoms with Gasteiger partial charge < -0.3 is 16.0 Å². The van der Waals surface area contributed by atoms with Crippen LogP contribution in [0.25, 0.3) is 0 Å². The van der Waals surface area contributed by atoms with E-state index < -0.39 is 0 Å². The number of guanidine groups is 1. The van der Waals surface area contributed by atoms with Crippen LogP contribution in [0.3, 0.4) is 0 Å². The van der Waals surface area contributed by atoms with Gasteiger partial charge in [0, 0.05) is 24.0 Å². The van der Waals surface area contributed by atoms with Gasteiger partial charge in [0.25, 0.3) is 0 Å². The highest BCUT2D eigenvalue weighted by Crippen LogP contribution is 2.16. The van der Waals surface area contributed by atoms with E-state index in [2.05, 4.69) is 39.6 Å². The molecule has 4 nitrogen and oxygen atoms in total. The van der Waals surface area contributed by atoms with Crippen molar-refractivity contribution in [3.8, 4) is 0 Å². The van der Waals surface area contributed by atoms with Gasteiger partial charge in [-0.05, 0) is 63.6 Å². The van der Waals surface area contributed by atoms with Gasteiger partial charge in [0.1, 0.15) is 0 Å². The van der Waals surface area contributed by atoms with Gasteiger partial charge in [0.05, 0.1) is 0 Å². The number of nitrogens with two attached hydrogens (primary N) is 1. The third-order valence-electron chi connectivity index (χ3n) is 4.33. The topological polar surface area (TPSA) is 53.6 Å². The van der Waals surface area contributed by atoms with E-state index in [1.807, 2.05) is 0 Å². The molecule has 2 heterocycles. The van der Waals surface area contributed by atoms with E-state index in [1.54, 1.807) is 11.3 Å². The molecule has 1 unspecified atom stereocenters. The van der Waals surface area contributed by atoms with Crippen LogP contribution < -0.4 is 11.1 Å². The predicted octanol–water partition coefficient (Wildman–Crippen LogP) is 3.47. The van der Waals surface area contributed by atoms with Crippen molar-refractivity contribution in [1.82, 2.24) is 10.2 Å². The number of nitrogens with one attached hydrogen (secondary N) is 1. The number of nitrogens with zero attached hydrogens (tertiary/aromatic N) is 2. The van der Waals surface area contributed by atoms with Crippen LogP contribution in [0.1, 0.15) is 43.9 Å². The first kappa shape index (κ1) is 20.7. The van der Waals surface area contributed by atoms with Gasteiger partial charge in [0.15, 0.2) is 5.96 Å². The summed E-state index contributed by atoms with van der Waals surface area (Å²) in [6.45, 7) is 6.53. The van der Waals surface area contributed by atoms with Crippen molar-refractivity contribution in [3.05, 3.63) is 22.4 Å². The Balaban J connectivity index is 0.00000264. The first-order valence-corrected chi connectivity index (χ1v) is 9.44. The molecule has 0 saturated carbocycles. The number of piperidine rings is 1. The highest BCUT2D eigenvalue weighted by atomic mass is 127. The van der Waals surface area contributed by atoms with Gasteiger partial charge in [-0.1, -0.05) is 12.5 Å². The highest BCUT2D eigenvalue weighted by molar-refractivity contribution is 14.0. The van der Waals surface area contributed by atoms with Crippen molar-refractivity contribution in [2.75, 3.05) is 26.2 Å². The zero-order valence-electron chi connectivity index (χ0n) is 14.2.